The summed E-state index contributed by atoms with van der Waals surface area (Å²) in [7, 11) is 0. The van der Waals surface area contributed by atoms with E-state index in [9.17, 15) is 8.78 Å². The lowest BCUT2D eigenvalue weighted by atomic mass is 10.3. The lowest BCUT2D eigenvalue weighted by Crippen LogP contribution is -1.98. The van der Waals surface area contributed by atoms with Gasteiger partial charge in [-0.2, -0.15) is 4.39 Å². The topological polar surface area (TPSA) is 48.1 Å². The summed E-state index contributed by atoms with van der Waals surface area (Å²) in [6, 6.07) is 3.84. The van der Waals surface area contributed by atoms with E-state index in [0.717, 1.165) is 6.07 Å². The minimum Gasteiger partial charge on any atom is -0.434 e. The van der Waals surface area contributed by atoms with Crippen LogP contribution in [-0.2, 0) is 0 Å². The molecular weight excluding hydrogens is 374 g/mol. The van der Waals surface area contributed by atoms with Crippen molar-refractivity contribution in [2.45, 2.75) is 0 Å². The minimum absolute atomic E-state index is 0.00889. The third kappa shape index (κ3) is 2.78. The second-order valence-corrected chi connectivity index (χ2v) is 5.18. The molecule has 0 aliphatic rings. The molecule has 0 saturated heterocycles. The van der Waals surface area contributed by atoms with Gasteiger partial charge in [-0.3, -0.25) is 0 Å². The molecule has 1 heterocycles. The SMILES string of the molecule is Nc1cc(Br)cnc1Oc1cc(Br)cc(F)c1F. The molecule has 0 amide bonds. The van der Waals surface area contributed by atoms with Crippen LogP contribution in [0, 0.1) is 11.6 Å². The van der Waals surface area contributed by atoms with Crippen LogP contribution in [-0.4, -0.2) is 4.98 Å². The van der Waals surface area contributed by atoms with Crippen molar-refractivity contribution < 1.29 is 13.5 Å². The van der Waals surface area contributed by atoms with Crippen molar-refractivity contribution in [2.24, 2.45) is 0 Å². The molecule has 18 heavy (non-hydrogen) atoms. The highest BCUT2D eigenvalue weighted by Gasteiger charge is 2.14. The summed E-state index contributed by atoms with van der Waals surface area (Å²) in [4.78, 5) is 3.88. The van der Waals surface area contributed by atoms with Crippen molar-refractivity contribution in [3.63, 3.8) is 0 Å². The van der Waals surface area contributed by atoms with E-state index in [2.05, 4.69) is 36.8 Å². The Morgan fingerprint density at radius 1 is 1.11 bits per heavy atom. The van der Waals surface area contributed by atoms with Crippen molar-refractivity contribution in [3.05, 3.63) is 45.0 Å². The molecule has 2 rings (SSSR count). The van der Waals surface area contributed by atoms with Crippen LogP contribution in [0.25, 0.3) is 0 Å². The lowest BCUT2D eigenvalue weighted by molar-refractivity contribution is 0.406. The second kappa shape index (κ2) is 5.19. The summed E-state index contributed by atoms with van der Waals surface area (Å²) < 4.78 is 32.8. The molecule has 1 aromatic carbocycles. The van der Waals surface area contributed by atoms with Crippen LogP contribution in [0.15, 0.2) is 33.3 Å². The first-order valence-electron chi connectivity index (χ1n) is 4.71. The quantitative estimate of drug-likeness (QED) is 0.793. The highest BCUT2D eigenvalue weighted by molar-refractivity contribution is 9.10. The largest absolute Gasteiger partial charge is 0.434 e. The van der Waals surface area contributed by atoms with Gasteiger partial charge in [-0.1, -0.05) is 15.9 Å². The van der Waals surface area contributed by atoms with Gasteiger partial charge >= 0.3 is 0 Å². The van der Waals surface area contributed by atoms with Crippen LogP contribution in [0.2, 0.25) is 0 Å². The molecule has 0 radical (unpaired) electrons. The second-order valence-electron chi connectivity index (χ2n) is 3.35. The summed E-state index contributed by atoms with van der Waals surface area (Å²) in [6.45, 7) is 0. The summed E-state index contributed by atoms with van der Waals surface area (Å²) in [5.41, 5.74) is 5.86. The maximum atomic E-state index is 13.5. The molecule has 0 spiro atoms. The molecule has 0 aliphatic carbocycles. The first kappa shape index (κ1) is 13.2. The van der Waals surface area contributed by atoms with E-state index in [-0.39, 0.29) is 17.3 Å². The van der Waals surface area contributed by atoms with Gasteiger partial charge < -0.3 is 10.5 Å². The molecule has 0 atom stereocenters. The number of nitrogens with zero attached hydrogens (tertiary/aromatic N) is 1. The molecule has 1 aromatic heterocycles. The standard InChI is InChI=1S/C11H6Br2F2N2O/c12-5-1-7(14)10(15)9(3-5)18-11-8(16)2-6(13)4-17-11/h1-4H,16H2. The number of nitrogens with two attached hydrogens (primary N) is 1. The third-order valence-electron chi connectivity index (χ3n) is 2.01. The number of aromatic nitrogens is 1. The van der Waals surface area contributed by atoms with E-state index < -0.39 is 11.6 Å². The van der Waals surface area contributed by atoms with Gasteiger partial charge in [0, 0.05) is 15.1 Å². The first-order valence-corrected chi connectivity index (χ1v) is 6.29. The van der Waals surface area contributed by atoms with Crippen LogP contribution >= 0.6 is 31.9 Å². The van der Waals surface area contributed by atoms with Crippen molar-refractivity contribution in [1.29, 1.82) is 0 Å². The zero-order chi connectivity index (χ0) is 13.3. The first-order chi connectivity index (χ1) is 8.47. The van der Waals surface area contributed by atoms with Crippen LogP contribution < -0.4 is 10.5 Å². The van der Waals surface area contributed by atoms with Crippen molar-refractivity contribution in [1.82, 2.24) is 4.98 Å². The summed E-state index contributed by atoms with van der Waals surface area (Å²) in [5, 5.41) is 0. The van der Waals surface area contributed by atoms with Crippen LogP contribution in [0.4, 0.5) is 14.5 Å². The summed E-state index contributed by atoms with van der Waals surface area (Å²) in [6.07, 6.45) is 1.44. The average Bonchev–Trinajstić information content (AvgIpc) is 2.29. The maximum Gasteiger partial charge on any atom is 0.242 e. The maximum absolute atomic E-state index is 13.5. The fourth-order valence-corrected chi connectivity index (χ4v) is 2.00. The van der Waals surface area contributed by atoms with Gasteiger partial charge in [0.15, 0.2) is 11.6 Å². The highest BCUT2D eigenvalue weighted by atomic mass is 79.9. The van der Waals surface area contributed by atoms with E-state index in [4.69, 9.17) is 10.5 Å². The fraction of sp³-hybridized carbons (Fsp3) is 0. The van der Waals surface area contributed by atoms with Gasteiger partial charge in [0.2, 0.25) is 11.7 Å². The molecule has 2 aromatic rings. The number of hydrogen-bond acceptors (Lipinski definition) is 3. The Morgan fingerprint density at radius 2 is 1.83 bits per heavy atom. The predicted molar refractivity (Wildman–Crippen MR) is 70.5 cm³/mol. The highest BCUT2D eigenvalue weighted by Crippen LogP contribution is 2.31. The van der Waals surface area contributed by atoms with Crippen molar-refractivity contribution in [3.8, 4) is 11.6 Å². The number of ether oxygens (including phenoxy) is 1. The van der Waals surface area contributed by atoms with E-state index in [1.165, 1.54) is 12.3 Å². The van der Waals surface area contributed by atoms with Gasteiger partial charge in [-0.25, -0.2) is 9.37 Å². The van der Waals surface area contributed by atoms with Gasteiger partial charge in [0.05, 0.1) is 5.69 Å². The minimum atomic E-state index is -1.10. The molecular formula is C11H6Br2F2N2O. The predicted octanol–water partition coefficient (Wildman–Crippen LogP) is 4.26. The average molecular weight is 380 g/mol. The molecule has 94 valence electrons. The van der Waals surface area contributed by atoms with E-state index >= 15 is 0 Å². The Hall–Kier alpha value is -1.21. The number of nitrogen functional groups attached to an aromatic ring is 1. The monoisotopic (exact) mass is 378 g/mol. The Labute approximate surface area is 118 Å². The van der Waals surface area contributed by atoms with Crippen molar-refractivity contribution >= 4 is 37.5 Å². The van der Waals surface area contributed by atoms with Gasteiger partial charge in [0.1, 0.15) is 0 Å². The Bertz CT molecular complexity index is 608. The number of anilines is 1. The van der Waals surface area contributed by atoms with Gasteiger partial charge in [-0.05, 0) is 34.1 Å². The molecule has 0 aliphatic heterocycles. The molecule has 0 unspecified atom stereocenters. The summed E-state index contributed by atoms with van der Waals surface area (Å²) in [5.74, 6) is -2.39. The van der Waals surface area contributed by atoms with Crippen molar-refractivity contribution in [2.75, 3.05) is 5.73 Å². The lowest BCUT2D eigenvalue weighted by Gasteiger charge is -2.09. The number of rotatable bonds is 2. The molecule has 7 heteroatoms. The van der Waals surface area contributed by atoms with Crippen LogP contribution in [0.3, 0.4) is 0 Å². The van der Waals surface area contributed by atoms with E-state index in [0.29, 0.717) is 8.95 Å². The molecule has 0 bridgehead atoms. The molecule has 2 N–H and O–H groups in total. The smallest absolute Gasteiger partial charge is 0.242 e. The number of pyridine rings is 1. The van der Waals surface area contributed by atoms with Gasteiger partial charge in [-0.15, -0.1) is 0 Å². The molecule has 0 saturated carbocycles. The zero-order valence-corrected chi connectivity index (χ0v) is 11.9. The fourth-order valence-electron chi connectivity index (χ4n) is 1.24. The normalized spacial score (nSPS) is 10.4. The molecule has 3 nitrogen and oxygen atoms in total. The molecule has 0 fully saturated rings. The Kier molecular flexibility index (Phi) is 3.82. The Balaban J connectivity index is 2.40. The van der Waals surface area contributed by atoms with Crippen LogP contribution in [0.1, 0.15) is 0 Å². The van der Waals surface area contributed by atoms with Crippen LogP contribution in [0.5, 0.6) is 11.6 Å². The third-order valence-corrected chi connectivity index (χ3v) is 2.90. The summed E-state index contributed by atoms with van der Waals surface area (Å²) >= 11 is 6.22. The zero-order valence-electron chi connectivity index (χ0n) is 8.75. The van der Waals surface area contributed by atoms with E-state index in [1.807, 2.05) is 0 Å². The van der Waals surface area contributed by atoms with E-state index in [1.54, 1.807) is 6.07 Å². The Morgan fingerprint density at radius 3 is 2.50 bits per heavy atom. The number of halogens is 4. The number of benzene rings is 1. The van der Waals surface area contributed by atoms with Gasteiger partial charge in [0.25, 0.3) is 0 Å². The number of hydrogen-bond donors (Lipinski definition) is 1.